The Hall–Kier alpha value is -4.96. The third-order valence-corrected chi connectivity index (χ3v) is 8.07. The molecule has 3 aromatic heterocycles. The fraction of sp³-hybridized carbons (Fsp3) is 0.176. The fourth-order valence-corrected chi connectivity index (χ4v) is 5.47. The van der Waals surface area contributed by atoms with Crippen LogP contribution in [-0.4, -0.2) is 44.8 Å². The Labute approximate surface area is 258 Å². The van der Waals surface area contributed by atoms with Gasteiger partial charge in [0.2, 0.25) is 5.91 Å². The van der Waals surface area contributed by atoms with Gasteiger partial charge in [-0.15, -0.1) is 0 Å². The summed E-state index contributed by atoms with van der Waals surface area (Å²) in [7, 11) is 0. The number of nitrogens with zero attached hydrogens (tertiary/aromatic N) is 3. The number of halogens is 2. The van der Waals surface area contributed by atoms with E-state index in [0.717, 1.165) is 38.8 Å². The van der Waals surface area contributed by atoms with E-state index in [9.17, 15) is 13.6 Å². The third kappa shape index (κ3) is 6.65. The summed E-state index contributed by atoms with van der Waals surface area (Å²) in [5.41, 5.74) is 11.7. The van der Waals surface area contributed by atoms with Crippen LogP contribution < -0.4 is 11.1 Å². The number of nitrogens with one attached hydrogen (secondary N) is 1. The van der Waals surface area contributed by atoms with Crippen LogP contribution in [0.15, 0.2) is 95.8 Å². The molecule has 1 aliphatic heterocycles. The lowest BCUT2D eigenvalue weighted by Crippen LogP contribution is -2.42. The van der Waals surface area contributed by atoms with Crippen molar-refractivity contribution in [3.63, 3.8) is 0 Å². The Bertz CT molecular complexity index is 1830. The maximum atomic E-state index is 13.6. The topological polar surface area (TPSA) is 97.3 Å². The summed E-state index contributed by atoms with van der Waals surface area (Å²) in [5.74, 6) is -1.87. The number of nitrogen functional groups attached to an aromatic ring is 1. The van der Waals surface area contributed by atoms with E-state index in [1.807, 2.05) is 53.4 Å². The number of amides is 1. The molecule has 2 aromatic carbocycles. The first-order chi connectivity index (χ1) is 21.2. The van der Waals surface area contributed by atoms with Crippen LogP contribution in [0.2, 0.25) is 0 Å². The van der Waals surface area contributed by atoms with Gasteiger partial charge >= 0.3 is 0 Å². The van der Waals surface area contributed by atoms with Crippen LogP contribution >= 0.6 is 12.2 Å². The number of fused-ring (bicyclic) bond motifs is 1. The van der Waals surface area contributed by atoms with Crippen molar-refractivity contribution < 1.29 is 18.0 Å². The van der Waals surface area contributed by atoms with Crippen molar-refractivity contribution in [3.8, 4) is 22.3 Å². The van der Waals surface area contributed by atoms with Gasteiger partial charge in [-0.2, -0.15) is 0 Å². The molecule has 44 heavy (non-hydrogen) atoms. The fourth-order valence-electron chi connectivity index (χ4n) is 5.15. The molecule has 7 nitrogen and oxygen atoms in total. The van der Waals surface area contributed by atoms with E-state index in [4.69, 9.17) is 22.4 Å². The summed E-state index contributed by atoms with van der Waals surface area (Å²) in [4.78, 5) is 23.1. The molecule has 5 aromatic rings. The number of furan rings is 1. The molecular weight excluding hydrogens is 580 g/mol. The maximum absolute atomic E-state index is 13.6. The summed E-state index contributed by atoms with van der Waals surface area (Å²) in [6.07, 6.45) is 7.79. The molecular formula is C34H29F2N5O2S. The lowest BCUT2D eigenvalue weighted by Gasteiger charge is -2.33. The number of alkyl halides is 2. The molecule has 0 bridgehead atoms. The Morgan fingerprint density at radius 2 is 1.75 bits per heavy atom. The van der Waals surface area contributed by atoms with E-state index in [1.165, 1.54) is 6.08 Å². The quantitative estimate of drug-likeness (QED) is 0.153. The second-order valence-electron chi connectivity index (χ2n) is 10.7. The van der Waals surface area contributed by atoms with Crippen LogP contribution in [-0.2, 0) is 11.3 Å². The SMILES string of the molecule is Nc1ccc(/C=C/C(=O)NCc2cc3cc(-c4ccc(C(=S)N5CCC(F)(F)CC5)cc4)cc(-c4ccncc4)c3o2)cn1. The highest BCUT2D eigenvalue weighted by atomic mass is 32.1. The molecule has 0 unspecified atom stereocenters. The summed E-state index contributed by atoms with van der Waals surface area (Å²) in [5, 5.41) is 3.75. The van der Waals surface area contributed by atoms with E-state index >= 15 is 0 Å². The molecule has 0 saturated carbocycles. The lowest BCUT2D eigenvalue weighted by atomic mass is 9.96. The number of likely N-dealkylation sites (tertiary alicyclic amines) is 1. The third-order valence-electron chi connectivity index (χ3n) is 7.58. The predicted molar refractivity (Wildman–Crippen MR) is 172 cm³/mol. The average molecular weight is 610 g/mol. The largest absolute Gasteiger partial charge is 0.459 e. The smallest absolute Gasteiger partial charge is 0.251 e. The van der Waals surface area contributed by atoms with E-state index < -0.39 is 5.92 Å². The van der Waals surface area contributed by atoms with Crippen LogP contribution in [0.3, 0.4) is 0 Å². The molecule has 1 amide bonds. The molecule has 0 spiro atoms. The second kappa shape index (κ2) is 12.3. The number of nitrogens with two attached hydrogens (primary N) is 1. The van der Waals surface area contributed by atoms with Crippen molar-refractivity contribution in [2.75, 3.05) is 18.8 Å². The van der Waals surface area contributed by atoms with Crippen LogP contribution in [0, 0.1) is 0 Å². The van der Waals surface area contributed by atoms with Gasteiger partial charge in [0.25, 0.3) is 5.92 Å². The van der Waals surface area contributed by atoms with Gasteiger partial charge in [0.1, 0.15) is 22.1 Å². The molecule has 6 rings (SSSR count). The van der Waals surface area contributed by atoms with Crippen LogP contribution in [0.5, 0.6) is 0 Å². The highest BCUT2D eigenvalue weighted by Crippen LogP contribution is 2.36. The molecule has 1 fully saturated rings. The summed E-state index contributed by atoms with van der Waals surface area (Å²) in [6, 6.07) is 21.2. The van der Waals surface area contributed by atoms with Gasteiger partial charge in [-0.25, -0.2) is 13.8 Å². The van der Waals surface area contributed by atoms with Gasteiger partial charge in [-0.3, -0.25) is 9.78 Å². The predicted octanol–water partition coefficient (Wildman–Crippen LogP) is 6.88. The number of pyridine rings is 2. The van der Waals surface area contributed by atoms with Gasteiger partial charge in [0.15, 0.2) is 0 Å². The first kappa shape index (κ1) is 29.1. The van der Waals surface area contributed by atoms with Gasteiger partial charge in [-0.1, -0.05) is 36.5 Å². The van der Waals surface area contributed by atoms with Gasteiger partial charge in [0, 0.05) is 67.1 Å². The Balaban J connectivity index is 1.23. The molecule has 1 aliphatic rings. The Kier molecular flexibility index (Phi) is 8.17. The summed E-state index contributed by atoms with van der Waals surface area (Å²) >= 11 is 5.64. The minimum absolute atomic E-state index is 0.183. The zero-order valence-electron chi connectivity index (χ0n) is 23.7. The zero-order chi connectivity index (χ0) is 30.7. The van der Waals surface area contributed by atoms with Crippen molar-refractivity contribution in [2.24, 2.45) is 0 Å². The lowest BCUT2D eigenvalue weighted by molar-refractivity contribution is -0.116. The highest BCUT2D eigenvalue weighted by Gasteiger charge is 2.34. The van der Waals surface area contributed by atoms with Crippen molar-refractivity contribution in [1.82, 2.24) is 20.2 Å². The Morgan fingerprint density at radius 1 is 1.00 bits per heavy atom. The highest BCUT2D eigenvalue weighted by molar-refractivity contribution is 7.80. The number of anilines is 1. The summed E-state index contributed by atoms with van der Waals surface area (Å²) < 4.78 is 33.5. The van der Waals surface area contributed by atoms with Crippen molar-refractivity contribution in [3.05, 3.63) is 108 Å². The number of aromatic nitrogens is 2. The molecule has 3 N–H and O–H groups in total. The molecule has 4 heterocycles. The molecule has 1 saturated heterocycles. The van der Waals surface area contributed by atoms with Gasteiger partial charge in [-0.05, 0) is 70.8 Å². The molecule has 222 valence electrons. The summed E-state index contributed by atoms with van der Waals surface area (Å²) in [6.45, 7) is 0.704. The Morgan fingerprint density at radius 3 is 2.45 bits per heavy atom. The minimum atomic E-state index is -2.62. The number of thiocarbonyl (C=S) groups is 1. The minimum Gasteiger partial charge on any atom is -0.459 e. The average Bonchev–Trinajstić information content (AvgIpc) is 3.46. The molecule has 0 atom stereocenters. The van der Waals surface area contributed by atoms with E-state index in [-0.39, 0.29) is 38.4 Å². The monoisotopic (exact) mass is 609 g/mol. The zero-order valence-corrected chi connectivity index (χ0v) is 24.5. The molecule has 0 aliphatic carbocycles. The normalized spacial score (nSPS) is 14.6. The molecule has 0 radical (unpaired) electrons. The second-order valence-corrected chi connectivity index (χ2v) is 11.1. The first-order valence-corrected chi connectivity index (χ1v) is 14.6. The van der Waals surface area contributed by atoms with E-state index in [0.29, 0.717) is 22.1 Å². The van der Waals surface area contributed by atoms with Crippen LogP contribution in [0.4, 0.5) is 14.6 Å². The van der Waals surface area contributed by atoms with Crippen LogP contribution in [0.1, 0.15) is 29.7 Å². The van der Waals surface area contributed by atoms with Crippen molar-refractivity contribution >= 4 is 46.0 Å². The van der Waals surface area contributed by atoms with Crippen molar-refractivity contribution in [2.45, 2.75) is 25.3 Å². The first-order valence-electron chi connectivity index (χ1n) is 14.2. The number of rotatable bonds is 7. The standard InChI is InChI=1S/C34H29F2N5O2S/c35-34(36)11-15-41(16-12-34)33(44)25-5-3-23(4-6-25)26-17-27-18-28(43-32(27)29(19-26)24-9-13-38-14-10-24)21-40-31(42)8-2-22-1-7-30(37)39-20-22/h1-10,13-14,17-20H,11-12,15-16,21H2,(H2,37,39)(H,40,42)/b8-2+. The number of carbonyl (C=O) groups is 1. The van der Waals surface area contributed by atoms with E-state index in [2.05, 4.69) is 21.4 Å². The van der Waals surface area contributed by atoms with Gasteiger partial charge in [0.05, 0.1) is 6.54 Å². The van der Waals surface area contributed by atoms with Gasteiger partial charge < -0.3 is 20.4 Å². The number of carbonyl (C=O) groups excluding carboxylic acids is 1. The van der Waals surface area contributed by atoms with Crippen LogP contribution in [0.25, 0.3) is 39.3 Å². The number of hydrogen-bond donors (Lipinski definition) is 2. The van der Waals surface area contributed by atoms with E-state index in [1.54, 1.807) is 36.8 Å². The maximum Gasteiger partial charge on any atom is 0.251 e. The number of benzene rings is 2. The number of hydrogen-bond acceptors (Lipinski definition) is 6. The number of piperidine rings is 1. The van der Waals surface area contributed by atoms with Crippen molar-refractivity contribution in [1.29, 1.82) is 0 Å². The molecule has 10 heteroatoms.